The molecule has 0 radical (unpaired) electrons. The van der Waals surface area contributed by atoms with Crippen molar-refractivity contribution in [2.24, 2.45) is 0 Å². The Kier molecular flexibility index (Phi) is 5.97. The molecule has 5 heteroatoms. The lowest BCUT2D eigenvalue weighted by Gasteiger charge is -2.15. The summed E-state index contributed by atoms with van der Waals surface area (Å²) in [5.41, 5.74) is 0. The molecule has 0 bridgehead atoms. The third-order valence-electron chi connectivity index (χ3n) is 3.29. The van der Waals surface area contributed by atoms with Crippen LogP contribution in [0.5, 0.6) is 0 Å². The van der Waals surface area contributed by atoms with Crippen LogP contribution in [0.3, 0.4) is 0 Å². The predicted molar refractivity (Wildman–Crippen MR) is 77.3 cm³/mol. The third kappa shape index (κ3) is 4.38. The minimum Gasteiger partial charge on any atom is -0.385 e. The maximum atomic E-state index is 12.4. The van der Waals surface area contributed by atoms with Crippen LogP contribution in [0.1, 0.15) is 12.8 Å². The second kappa shape index (κ2) is 7.75. The number of ether oxygens (including phenoxy) is 1. The lowest BCUT2D eigenvalue weighted by Crippen LogP contribution is -2.34. The molecule has 1 unspecified atom stereocenters. The van der Waals surface area contributed by atoms with Gasteiger partial charge in [0.1, 0.15) is 11.0 Å². The average Bonchev–Trinajstić information content (AvgIpc) is 2.92. The van der Waals surface area contributed by atoms with E-state index >= 15 is 0 Å². The first-order valence-corrected chi connectivity index (χ1v) is 7.86. The molecule has 106 valence electrons. The van der Waals surface area contributed by atoms with Gasteiger partial charge in [-0.05, 0) is 31.5 Å². The normalized spacial score (nSPS) is 21.6. The van der Waals surface area contributed by atoms with E-state index in [0.717, 1.165) is 44.0 Å². The van der Waals surface area contributed by atoms with Crippen molar-refractivity contribution >= 4 is 11.0 Å². The molecule has 1 aliphatic rings. The van der Waals surface area contributed by atoms with E-state index in [-0.39, 0.29) is 0 Å². The van der Waals surface area contributed by atoms with E-state index in [1.54, 1.807) is 7.11 Å². The van der Waals surface area contributed by atoms with E-state index in [2.05, 4.69) is 5.32 Å². The zero-order valence-electron chi connectivity index (χ0n) is 11.4. The van der Waals surface area contributed by atoms with Crippen LogP contribution in [-0.4, -0.2) is 47.9 Å². The molecular weight excluding hydrogens is 260 g/mol. The number of hydrogen-bond donors (Lipinski definition) is 1. The predicted octanol–water partition coefficient (Wildman–Crippen LogP) is 1.41. The van der Waals surface area contributed by atoms with E-state index in [4.69, 9.17) is 4.74 Å². The van der Waals surface area contributed by atoms with Crippen molar-refractivity contribution in [1.82, 2.24) is 9.62 Å². The second-order valence-corrected chi connectivity index (χ2v) is 6.22. The molecule has 1 aromatic carbocycles. The summed E-state index contributed by atoms with van der Waals surface area (Å²) in [7, 11) is 0.703. The zero-order valence-corrected chi connectivity index (χ0v) is 12.2. The molecule has 0 aromatic heterocycles. The molecule has 1 N–H and O–H groups in total. The molecule has 0 spiro atoms. The summed E-state index contributed by atoms with van der Waals surface area (Å²) in [4.78, 5) is 0.891. The number of methoxy groups -OCH3 is 1. The van der Waals surface area contributed by atoms with Crippen molar-refractivity contribution in [2.75, 3.05) is 33.4 Å². The molecule has 1 saturated heterocycles. The maximum Gasteiger partial charge on any atom is 0.127 e. The Morgan fingerprint density at radius 3 is 2.95 bits per heavy atom. The van der Waals surface area contributed by atoms with E-state index in [1.807, 2.05) is 34.6 Å². The lowest BCUT2D eigenvalue weighted by atomic mass is 10.2. The fourth-order valence-corrected chi connectivity index (χ4v) is 3.53. The van der Waals surface area contributed by atoms with Gasteiger partial charge in [0, 0.05) is 32.8 Å². The summed E-state index contributed by atoms with van der Waals surface area (Å²) in [6.07, 6.45) is 2.08. The van der Waals surface area contributed by atoms with Gasteiger partial charge in [-0.15, -0.1) is 0 Å². The minimum absolute atomic E-state index is 0.449. The standard InChI is InChI=1S/C14H22N2O2S/c1-18-11-5-9-15-13-8-10-16(12-13)19(17)14-6-3-2-4-7-14/h2-4,6-7,13,15H,5,8-12H2,1H3/t13-,19?/m1/s1. The van der Waals surface area contributed by atoms with E-state index in [9.17, 15) is 4.21 Å². The molecule has 2 rings (SSSR count). The molecule has 0 amide bonds. The summed E-state index contributed by atoms with van der Waals surface area (Å²) in [6.45, 7) is 3.50. The molecule has 2 atom stereocenters. The van der Waals surface area contributed by atoms with Crippen molar-refractivity contribution in [2.45, 2.75) is 23.8 Å². The van der Waals surface area contributed by atoms with Gasteiger partial charge in [0.15, 0.2) is 0 Å². The molecule has 1 fully saturated rings. The van der Waals surface area contributed by atoms with Gasteiger partial charge in [-0.1, -0.05) is 18.2 Å². The summed E-state index contributed by atoms with van der Waals surface area (Å²) < 4.78 is 19.4. The second-order valence-electron chi connectivity index (χ2n) is 4.74. The smallest absolute Gasteiger partial charge is 0.127 e. The van der Waals surface area contributed by atoms with E-state index in [0.29, 0.717) is 6.04 Å². The Morgan fingerprint density at radius 1 is 1.42 bits per heavy atom. The van der Waals surface area contributed by atoms with Crippen LogP contribution in [0.2, 0.25) is 0 Å². The summed E-state index contributed by atoms with van der Waals surface area (Å²) in [5, 5.41) is 3.50. The van der Waals surface area contributed by atoms with Crippen LogP contribution in [0.25, 0.3) is 0 Å². The third-order valence-corrected chi connectivity index (χ3v) is 4.76. The van der Waals surface area contributed by atoms with E-state index < -0.39 is 11.0 Å². The molecule has 0 aliphatic carbocycles. The SMILES string of the molecule is COCCCN[C@@H]1CCN(S(=O)c2ccccc2)C1. The molecular formula is C14H22N2O2S. The Balaban J connectivity index is 1.77. The van der Waals surface area contributed by atoms with Crippen LogP contribution in [-0.2, 0) is 15.7 Å². The van der Waals surface area contributed by atoms with Crippen LogP contribution in [0, 0.1) is 0 Å². The van der Waals surface area contributed by atoms with Crippen LogP contribution in [0.15, 0.2) is 35.2 Å². The van der Waals surface area contributed by atoms with Gasteiger partial charge in [-0.2, -0.15) is 0 Å². The number of hydrogen-bond acceptors (Lipinski definition) is 3. The van der Waals surface area contributed by atoms with Crippen LogP contribution >= 0.6 is 0 Å². The first-order valence-electron chi connectivity index (χ1n) is 6.75. The number of nitrogens with one attached hydrogen (secondary N) is 1. The van der Waals surface area contributed by atoms with Gasteiger partial charge in [0.05, 0.1) is 4.90 Å². The molecule has 1 aliphatic heterocycles. The molecule has 1 aromatic rings. The summed E-state index contributed by atoms with van der Waals surface area (Å²) in [5.74, 6) is 0. The Labute approximate surface area is 117 Å². The Morgan fingerprint density at radius 2 is 2.21 bits per heavy atom. The highest BCUT2D eigenvalue weighted by molar-refractivity contribution is 7.82. The lowest BCUT2D eigenvalue weighted by molar-refractivity contribution is 0.193. The first-order chi connectivity index (χ1) is 9.31. The van der Waals surface area contributed by atoms with Crippen molar-refractivity contribution in [3.05, 3.63) is 30.3 Å². The number of nitrogens with zero attached hydrogens (tertiary/aromatic N) is 1. The van der Waals surface area contributed by atoms with Gasteiger partial charge >= 0.3 is 0 Å². The highest BCUT2D eigenvalue weighted by Crippen LogP contribution is 2.17. The van der Waals surface area contributed by atoms with Gasteiger partial charge < -0.3 is 10.1 Å². The zero-order chi connectivity index (χ0) is 13.5. The topological polar surface area (TPSA) is 41.6 Å². The average molecular weight is 282 g/mol. The fourth-order valence-electron chi connectivity index (χ4n) is 2.25. The van der Waals surface area contributed by atoms with Gasteiger partial charge in [0.25, 0.3) is 0 Å². The molecule has 19 heavy (non-hydrogen) atoms. The van der Waals surface area contributed by atoms with Gasteiger partial charge in [-0.3, -0.25) is 0 Å². The fraction of sp³-hybridized carbons (Fsp3) is 0.571. The van der Waals surface area contributed by atoms with Crippen molar-refractivity contribution in [3.63, 3.8) is 0 Å². The van der Waals surface area contributed by atoms with Crippen molar-refractivity contribution in [3.8, 4) is 0 Å². The van der Waals surface area contributed by atoms with Crippen LogP contribution < -0.4 is 5.32 Å². The van der Waals surface area contributed by atoms with Crippen molar-refractivity contribution < 1.29 is 8.95 Å². The summed E-state index contributed by atoms with van der Waals surface area (Å²) >= 11 is 0. The van der Waals surface area contributed by atoms with Crippen molar-refractivity contribution in [1.29, 1.82) is 0 Å². The van der Waals surface area contributed by atoms with Gasteiger partial charge in [0.2, 0.25) is 0 Å². The minimum atomic E-state index is -1.02. The van der Waals surface area contributed by atoms with E-state index in [1.165, 1.54) is 0 Å². The monoisotopic (exact) mass is 282 g/mol. The Bertz CT molecular complexity index is 400. The van der Waals surface area contributed by atoms with Crippen LogP contribution in [0.4, 0.5) is 0 Å². The Hall–Kier alpha value is -0.750. The first kappa shape index (κ1) is 14.7. The highest BCUT2D eigenvalue weighted by atomic mass is 32.2. The molecule has 0 saturated carbocycles. The highest BCUT2D eigenvalue weighted by Gasteiger charge is 2.26. The van der Waals surface area contributed by atoms with Gasteiger partial charge in [-0.25, -0.2) is 8.51 Å². The maximum absolute atomic E-state index is 12.4. The molecule has 4 nitrogen and oxygen atoms in total. The quantitative estimate of drug-likeness (QED) is 0.769. The summed E-state index contributed by atoms with van der Waals surface area (Å²) in [6, 6.07) is 10.1. The molecule has 1 heterocycles. The largest absolute Gasteiger partial charge is 0.385 e. The number of rotatable bonds is 7. The number of benzene rings is 1.